The van der Waals surface area contributed by atoms with Gasteiger partial charge >= 0.3 is 0 Å². The van der Waals surface area contributed by atoms with Crippen molar-refractivity contribution in [3.05, 3.63) is 59.0 Å². The molecule has 0 aliphatic rings. The summed E-state index contributed by atoms with van der Waals surface area (Å²) in [6, 6.07) is 13.8. The highest BCUT2D eigenvalue weighted by atomic mass is 16.3. The lowest BCUT2D eigenvalue weighted by atomic mass is 10.1. The maximum Gasteiger partial charge on any atom is 0.120 e. The first-order valence-electron chi connectivity index (χ1n) is 5.98. The van der Waals surface area contributed by atoms with E-state index in [-0.39, 0.29) is 6.04 Å². The van der Waals surface area contributed by atoms with Crippen molar-refractivity contribution in [1.29, 1.82) is 5.26 Å². The number of nitrogens with one attached hydrogen (secondary N) is 1. The van der Waals surface area contributed by atoms with Crippen LogP contribution in [0.25, 0.3) is 0 Å². The van der Waals surface area contributed by atoms with Gasteiger partial charge in [-0.1, -0.05) is 12.1 Å². The van der Waals surface area contributed by atoms with Gasteiger partial charge < -0.3 is 9.73 Å². The molecule has 92 valence electrons. The van der Waals surface area contributed by atoms with Crippen molar-refractivity contribution in [3.63, 3.8) is 0 Å². The SMILES string of the molecule is Cc1ccc(C(C)NCc2ccc(C#N)cc2)o1. The van der Waals surface area contributed by atoms with Crippen LogP contribution in [-0.2, 0) is 6.54 Å². The number of hydrogen-bond acceptors (Lipinski definition) is 3. The fourth-order valence-electron chi connectivity index (χ4n) is 1.75. The van der Waals surface area contributed by atoms with Crippen molar-refractivity contribution < 1.29 is 4.42 Å². The van der Waals surface area contributed by atoms with Crippen LogP contribution in [-0.4, -0.2) is 0 Å². The summed E-state index contributed by atoms with van der Waals surface area (Å²) in [5, 5.41) is 12.1. The predicted octanol–water partition coefficient (Wildman–Crippen LogP) is 3.31. The third-order valence-electron chi connectivity index (χ3n) is 2.88. The molecule has 0 spiro atoms. The molecule has 0 aliphatic heterocycles. The third-order valence-corrected chi connectivity index (χ3v) is 2.88. The van der Waals surface area contributed by atoms with E-state index >= 15 is 0 Å². The second kappa shape index (κ2) is 5.52. The molecule has 0 bridgehead atoms. The van der Waals surface area contributed by atoms with Gasteiger partial charge in [-0.25, -0.2) is 0 Å². The van der Waals surface area contributed by atoms with E-state index in [1.54, 1.807) is 0 Å². The van der Waals surface area contributed by atoms with E-state index in [2.05, 4.69) is 18.3 Å². The van der Waals surface area contributed by atoms with Crippen molar-refractivity contribution in [2.75, 3.05) is 0 Å². The van der Waals surface area contributed by atoms with Crippen molar-refractivity contribution in [2.45, 2.75) is 26.4 Å². The van der Waals surface area contributed by atoms with Crippen LogP contribution < -0.4 is 5.32 Å². The summed E-state index contributed by atoms with van der Waals surface area (Å²) in [6.07, 6.45) is 0. The average molecular weight is 240 g/mol. The molecule has 2 aromatic rings. The Morgan fingerprint density at radius 1 is 1.22 bits per heavy atom. The van der Waals surface area contributed by atoms with Crippen LogP contribution in [0.1, 0.15) is 35.6 Å². The fourth-order valence-corrected chi connectivity index (χ4v) is 1.75. The van der Waals surface area contributed by atoms with Crippen LogP contribution >= 0.6 is 0 Å². The lowest BCUT2D eigenvalue weighted by Crippen LogP contribution is -2.17. The minimum absolute atomic E-state index is 0.175. The lowest BCUT2D eigenvalue weighted by Gasteiger charge is -2.11. The number of rotatable bonds is 4. The zero-order valence-corrected chi connectivity index (χ0v) is 10.6. The molecule has 1 unspecified atom stereocenters. The fraction of sp³-hybridized carbons (Fsp3) is 0.267. The summed E-state index contributed by atoms with van der Waals surface area (Å²) in [5.41, 5.74) is 1.84. The summed E-state index contributed by atoms with van der Waals surface area (Å²) in [7, 11) is 0. The molecule has 3 heteroatoms. The van der Waals surface area contributed by atoms with Crippen LogP contribution in [0.5, 0.6) is 0 Å². The summed E-state index contributed by atoms with van der Waals surface area (Å²) < 4.78 is 5.56. The van der Waals surface area contributed by atoms with Crippen molar-refractivity contribution in [2.24, 2.45) is 0 Å². The topological polar surface area (TPSA) is 49.0 Å². The van der Waals surface area contributed by atoms with Crippen molar-refractivity contribution in [1.82, 2.24) is 5.32 Å². The highest BCUT2D eigenvalue weighted by Crippen LogP contribution is 2.16. The Labute approximate surface area is 107 Å². The zero-order chi connectivity index (χ0) is 13.0. The Bertz CT molecular complexity index is 549. The summed E-state index contributed by atoms with van der Waals surface area (Å²) >= 11 is 0. The number of nitriles is 1. The van der Waals surface area contributed by atoms with Gasteiger partial charge in [-0.15, -0.1) is 0 Å². The molecule has 0 radical (unpaired) electrons. The quantitative estimate of drug-likeness (QED) is 0.891. The van der Waals surface area contributed by atoms with Gasteiger partial charge in [-0.2, -0.15) is 5.26 Å². The van der Waals surface area contributed by atoms with E-state index in [4.69, 9.17) is 9.68 Å². The van der Waals surface area contributed by atoms with Gasteiger partial charge in [0, 0.05) is 6.54 Å². The molecule has 2 rings (SSSR count). The molecule has 1 atom stereocenters. The molecule has 0 fully saturated rings. The van der Waals surface area contributed by atoms with E-state index in [1.807, 2.05) is 43.3 Å². The van der Waals surface area contributed by atoms with Crippen LogP contribution in [0.2, 0.25) is 0 Å². The monoisotopic (exact) mass is 240 g/mol. The Kier molecular flexibility index (Phi) is 3.81. The van der Waals surface area contributed by atoms with Gasteiger partial charge in [0.25, 0.3) is 0 Å². The highest BCUT2D eigenvalue weighted by molar-refractivity contribution is 5.31. The number of furan rings is 1. The molecule has 0 saturated carbocycles. The first-order chi connectivity index (χ1) is 8.69. The highest BCUT2D eigenvalue weighted by Gasteiger charge is 2.08. The number of hydrogen-bond donors (Lipinski definition) is 1. The Balaban J connectivity index is 1.93. The van der Waals surface area contributed by atoms with Crippen molar-refractivity contribution in [3.8, 4) is 6.07 Å². The molecule has 0 aliphatic carbocycles. The molecule has 1 aromatic carbocycles. The maximum absolute atomic E-state index is 8.72. The molecule has 0 amide bonds. The summed E-state index contributed by atoms with van der Waals surface area (Å²) in [4.78, 5) is 0. The first kappa shape index (κ1) is 12.4. The maximum atomic E-state index is 8.72. The molecule has 1 heterocycles. The van der Waals surface area contributed by atoms with Gasteiger partial charge in [-0.3, -0.25) is 0 Å². The van der Waals surface area contributed by atoms with Gasteiger partial charge in [-0.05, 0) is 43.7 Å². The van der Waals surface area contributed by atoms with E-state index in [0.717, 1.165) is 23.6 Å². The number of aryl methyl sites for hydroxylation is 1. The largest absolute Gasteiger partial charge is 0.465 e. The molecule has 18 heavy (non-hydrogen) atoms. The van der Waals surface area contributed by atoms with Crippen LogP contribution in [0.3, 0.4) is 0 Å². The second-order valence-electron chi connectivity index (χ2n) is 4.36. The first-order valence-corrected chi connectivity index (χ1v) is 5.98. The number of benzene rings is 1. The van der Waals surface area contributed by atoms with Crippen molar-refractivity contribution >= 4 is 0 Å². The van der Waals surface area contributed by atoms with E-state index in [9.17, 15) is 0 Å². The Hall–Kier alpha value is -2.05. The van der Waals surface area contributed by atoms with E-state index in [1.165, 1.54) is 0 Å². The van der Waals surface area contributed by atoms with Crippen LogP contribution in [0.15, 0.2) is 40.8 Å². The molecule has 1 aromatic heterocycles. The van der Waals surface area contributed by atoms with E-state index < -0.39 is 0 Å². The minimum atomic E-state index is 0.175. The standard InChI is InChI=1S/C15H16N2O/c1-11-3-8-15(18-11)12(2)17-10-14-6-4-13(9-16)5-7-14/h3-8,12,17H,10H2,1-2H3. The van der Waals surface area contributed by atoms with Crippen LogP contribution in [0, 0.1) is 18.3 Å². The Morgan fingerprint density at radius 2 is 1.94 bits per heavy atom. The number of nitrogens with zero attached hydrogens (tertiary/aromatic N) is 1. The third kappa shape index (κ3) is 2.99. The molecular weight excluding hydrogens is 224 g/mol. The predicted molar refractivity (Wildman–Crippen MR) is 69.9 cm³/mol. The normalized spacial score (nSPS) is 12.1. The van der Waals surface area contributed by atoms with Gasteiger partial charge in [0.05, 0.1) is 17.7 Å². The molecular formula is C15H16N2O. The van der Waals surface area contributed by atoms with E-state index in [0.29, 0.717) is 5.56 Å². The summed E-state index contributed by atoms with van der Waals surface area (Å²) in [5.74, 6) is 1.87. The molecule has 3 nitrogen and oxygen atoms in total. The molecule has 1 N–H and O–H groups in total. The van der Waals surface area contributed by atoms with Gasteiger partial charge in [0.1, 0.15) is 11.5 Å². The second-order valence-corrected chi connectivity index (χ2v) is 4.36. The minimum Gasteiger partial charge on any atom is -0.465 e. The van der Waals surface area contributed by atoms with Gasteiger partial charge in [0.15, 0.2) is 0 Å². The zero-order valence-electron chi connectivity index (χ0n) is 10.6. The molecule has 0 saturated heterocycles. The van der Waals surface area contributed by atoms with Crippen LogP contribution in [0.4, 0.5) is 0 Å². The lowest BCUT2D eigenvalue weighted by molar-refractivity contribution is 0.416. The smallest absolute Gasteiger partial charge is 0.120 e. The Morgan fingerprint density at radius 3 is 2.50 bits per heavy atom. The summed E-state index contributed by atoms with van der Waals surface area (Å²) in [6.45, 7) is 4.77. The average Bonchev–Trinajstić information content (AvgIpc) is 2.83. The van der Waals surface area contributed by atoms with Gasteiger partial charge in [0.2, 0.25) is 0 Å².